The van der Waals surface area contributed by atoms with Crippen molar-refractivity contribution in [1.29, 1.82) is 0 Å². The molecule has 3 aromatic rings. The summed E-state index contributed by atoms with van der Waals surface area (Å²) < 4.78 is 2.88. The van der Waals surface area contributed by atoms with E-state index in [9.17, 15) is 4.79 Å². The predicted octanol–water partition coefficient (Wildman–Crippen LogP) is 5.35. The summed E-state index contributed by atoms with van der Waals surface area (Å²) in [6.45, 7) is 0. The van der Waals surface area contributed by atoms with Crippen LogP contribution in [0.3, 0.4) is 0 Å². The van der Waals surface area contributed by atoms with E-state index in [2.05, 4.69) is 45.5 Å². The Bertz CT molecular complexity index is 1090. The first kappa shape index (κ1) is 18.6. The SMILES string of the molecule is O=C1CCCC2=C1[C@@H](c1ccc(Br)cc1)n1nc(SCc3ccccc3)nc1N2. The number of carbonyl (C=O) groups is 1. The van der Waals surface area contributed by atoms with Gasteiger partial charge in [-0.1, -0.05) is 70.2 Å². The molecular weight excluding hydrogens is 448 g/mol. The lowest BCUT2D eigenvalue weighted by Crippen LogP contribution is -2.31. The lowest BCUT2D eigenvalue weighted by molar-refractivity contribution is -0.116. The number of rotatable bonds is 4. The molecule has 29 heavy (non-hydrogen) atoms. The Morgan fingerprint density at radius 1 is 1.10 bits per heavy atom. The molecule has 146 valence electrons. The van der Waals surface area contributed by atoms with Crippen LogP contribution in [0.15, 0.2) is 75.5 Å². The molecule has 2 aromatic carbocycles. The number of fused-ring (bicyclic) bond motifs is 1. The van der Waals surface area contributed by atoms with Crippen molar-refractivity contribution in [3.8, 4) is 0 Å². The maximum atomic E-state index is 12.8. The minimum atomic E-state index is -0.235. The van der Waals surface area contributed by atoms with Crippen LogP contribution in [-0.4, -0.2) is 20.5 Å². The molecule has 1 atom stereocenters. The summed E-state index contributed by atoms with van der Waals surface area (Å²) >= 11 is 5.11. The minimum absolute atomic E-state index is 0.200. The highest BCUT2D eigenvalue weighted by molar-refractivity contribution is 9.10. The highest BCUT2D eigenvalue weighted by Crippen LogP contribution is 2.40. The van der Waals surface area contributed by atoms with Crippen LogP contribution < -0.4 is 5.32 Å². The molecule has 2 aliphatic rings. The number of allylic oxidation sites excluding steroid dienone is 2. The van der Waals surface area contributed by atoms with Crippen LogP contribution in [0.1, 0.15) is 36.4 Å². The average molecular weight is 467 g/mol. The van der Waals surface area contributed by atoms with Gasteiger partial charge in [-0.25, -0.2) is 4.68 Å². The highest BCUT2D eigenvalue weighted by atomic mass is 79.9. The quantitative estimate of drug-likeness (QED) is 0.524. The normalized spacial score (nSPS) is 18.2. The number of anilines is 1. The standard InChI is InChI=1S/C22H19BrN4OS/c23-16-11-9-15(10-12-16)20-19-17(7-4-8-18(19)28)24-21-25-22(26-27(20)21)29-13-14-5-2-1-3-6-14/h1-3,5-6,9-12,20H,4,7-8,13H2,(H,24,25,26)/t20-/m1/s1. The van der Waals surface area contributed by atoms with Gasteiger partial charge in [0.25, 0.3) is 0 Å². The van der Waals surface area contributed by atoms with Gasteiger partial charge < -0.3 is 5.32 Å². The number of nitrogens with zero attached hydrogens (tertiary/aromatic N) is 3. The maximum absolute atomic E-state index is 12.8. The zero-order valence-corrected chi connectivity index (χ0v) is 18.0. The van der Waals surface area contributed by atoms with Crippen LogP contribution >= 0.6 is 27.7 Å². The Morgan fingerprint density at radius 2 is 1.90 bits per heavy atom. The maximum Gasteiger partial charge on any atom is 0.227 e. The molecule has 0 saturated heterocycles. The number of halogens is 1. The molecule has 0 spiro atoms. The van der Waals surface area contributed by atoms with Crippen molar-refractivity contribution in [2.24, 2.45) is 0 Å². The number of carbonyl (C=O) groups excluding carboxylic acids is 1. The van der Waals surface area contributed by atoms with E-state index < -0.39 is 0 Å². The van der Waals surface area contributed by atoms with Crippen LogP contribution in [0, 0.1) is 0 Å². The molecule has 0 unspecified atom stereocenters. The second-order valence-corrected chi connectivity index (χ2v) is 9.04. The first-order chi connectivity index (χ1) is 14.2. The lowest BCUT2D eigenvalue weighted by Gasteiger charge is -2.32. The van der Waals surface area contributed by atoms with Crippen LogP contribution in [0.2, 0.25) is 0 Å². The second kappa shape index (κ2) is 7.80. The summed E-state index contributed by atoms with van der Waals surface area (Å²) in [4.78, 5) is 17.6. The van der Waals surface area contributed by atoms with Crippen LogP contribution in [-0.2, 0) is 10.5 Å². The number of hydrogen-bond acceptors (Lipinski definition) is 5. The molecule has 1 N–H and O–H groups in total. The van der Waals surface area contributed by atoms with Crippen molar-refractivity contribution >= 4 is 39.4 Å². The third-order valence-corrected chi connectivity index (χ3v) is 6.68. The van der Waals surface area contributed by atoms with Gasteiger partial charge in [0, 0.05) is 27.9 Å². The van der Waals surface area contributed by atoms with E-state index in [1.165, 1.54) is 5.56 Å². The topological polar surface area (TPSA) is 59.8 Å². The number of benzene rings is 2. The van der Waals surface area contributed by atoms with Gasteiger partial charge in [-0.2, -0.15) is 4.98 Å². The largest absolute Gasteiger partial charge is 0.328 e. The number of thioether (sulfide) groups is 1. The fraction of sp³-hybridized carbons (Fsp3) is 0.227. The Balaban J connectivity index is 1.52. The van der Waals surface area contributed by atoms with Crippen molar-refractivity contribution in [1.82, 2.24) is 14.8 Å². The van der Waals surface area contributed by atoms with Gasteiger partial charge in [-0.05, 0) is 36.1 Å². The Kier molecular flexibility index (Phi) is 5.01. The van der Waals surface area contributed by atoms with Crippen LogP contribution in [0.5, 0.6) is 0 Å². The fourth-order valence-electron chi connectivity index (χ4n) is 3.87. The number of nitrogens with one attached hydrogen (secondary N) is 1. The van der Waals surface area contributed by atoms with E-state index in [0.717, 1.165) is 39.9 Å². The van der Waals surface area contributed by atoms with E-state index >= 15 is 0 Å². The summed E-state index contributed by atoms with van der Waals surface area (Å²) in [6, 6.07) is 18.2. The molecule has 0 bridgehead atoms. The van der Waals surface area contributed by atoms with Crippen molar-refractivity contribution in [3.63, 3.8) is 0 Å². The lowest BCUT2D eigenvalue weighted by atomic mass is 9.85. The summed E-state index contributed by atoms with van der Waals surface area (Å²) in [5.41, 5.74) is 4.10. The highest BCUT2D eigenvalue weighted by Gasteiger charge is 2.36. The van der Waals surface area contributed by atoms with Crippen LogP contribution in [0.25, 0.3) is 0 Å². The van der Waals surface area contributed by atoms with Crippen molar-refractivity contribution < 1.29 is 4.79 Å². The monoisotopic (exact) mass is 466 g/mol. The Hall–Kier alpha value is -2.38. The smallest absolute Gasteiger partial charge is 0.227 e. The summed E-state index contributed by atoms with van der Waals surface area (Å²) in [6.07, 6.45) is 2.34. The Labute approximate surface area is 181 Å². The van der Waals surface area contributed by atoms with E-state index in [0.29, 0.717) is 17.5 Å². The molecule has 1 aliphatic carbocycles. The molecule has 0 saturated carbocycles. The molecule has 0 fully saturated rings. The summed E-state index contributed by atoms with van der Waals surface area (Å²) in [5, 5.41) is 8.88. The Morgan fingerprint density at radius 3 is 2.69 bits per heavy atom. The molecule has 7 heteroatoms. The van der Waals surface area contributed by atoms with E-state index in [4.69, 9.17) is 10.1 Å². The molecule has 0 radical (unpaired) electrons. The number of aromatic nitrogens is 3. The molecule has 1 aromatic heterocycles. The van der Waals surface area contributed by atoms with Crippen LogP contribution in [0.4, 0.5) is 5.95 Å². The van der Waals surface area contributed by atoms with Gasteiger partial charge in [0.05, 0.1) is 0 Å². The van der Waals surface area contributed by atoms with Gasteiger partial charge in [-0.3, -0.25) is 4.79 Å². The van der Waals surface area contributed by atoms with Crippen molar-refractivity contribution in [2.75, 3.05) is 5.32 Å². The zero-order chi connectivity index (χ0) is 19.8. The first-order valence-corrected chi connectivity index (χ1v) is 11.4. The summed E-state index contributed by atoms with van der Waals surface area (Å²) in [5.74, 6) is 1.72. The summed E-state index contributed by atoms with van der Waals surface area (Å²) in [7, 11) is 0. The molecule has 5 nitrogen and oxygen atoms in total. The second-order valence-electron chi connectivity index (χ2n) is 7.18. The third kappa shape index (κ3) is 3.65. The average Bonchev–Trinajstić information content (AvgIpc) is 3.15. The predicted molar refractivity (Wildman–Crippen MR) is 118 cm³/mol. The van der Waals surface area contributed by atoms with Gasteiger partial charge in [0.1, 0.15) is 6.04 Å². The number of ketones is 1. The van der Waals surface area contributed by atoms with Crippen molar-refractivity contribution in [3.05, 3.63) is 81.5 Å². The fourth-order valence-corrected chi connectivity index (χ4v) is 4.92. The van der Waals surface area contributed by atoms with Gasteiger partial charge in [-0.15, -0.1) is 5.10 Å². The van der Waals surface area contributed by atoms with E-state index in [-0.39, 0.29) is 11.8 Å². The molecule has 0 amide bonds. The van der Waals surface area contributed by atoms with Gasteiger partial charge >= 0.3 is 0 Å². The molecular formula is C22H19BrN4OS. The molecule has 2 heterocycles. The van der Waals surface area contributed by atoms with E-state index in [1.807, 2.05) is 35.0 Å². The van der Waals surface area contributed by atoms with E-state index in [1.54, 1.807) is 11.8 Å². The van der Waals surface area contributed by atoms with Crippen molar-refractivity contribution in [2.45, 2.75) is 36.2 Å². The number of Topliss-reactive ketones (excluding diaryl/α,β-unsaturated/α-hetero) is 1. The van der Waals surface area contributed by atoms with Gasteiger partial charge in [0.15, 0.2) is 5.78 Å². The van der Waals surface area contributed by atoms with Gasteiger partial charge in [0.2, 0.25) is 11.1 Å². The molecule has 5 rings (SSSR count). The third-order valence-electron chi connectivity index (χ3n) is 5.25. The number of hydrogen-bond donors (Lipinski definition) is 1. The molecule has 1 aliphatic heterocycles. The zero-order valence-electron chi connectivity index (χ0n) is 15.6. The first-order valence-electron chi connectivity index (χ1n) is 9.61. The minimum Gasteiger partial charge on any atom is -0.328 e.